The van der Waals surface area contributed by atoms with E-state index in [1.54, 1.807) is 0 Å². The van der Waals surface area contributed by atoms with Gasteiger partial charge in [-0.15, -0.1) is 12.3 Å². The van der Waals surface area contributed by atoms with Crippen molar-refractivity contribution < 1.29 is 14.3 Å². The van der Waals surface area contributed by atoms with Gasteiger partial charge in [0.1, 0.15) is 0 Å². The van der Waals surface area contributed by atoms with Crippen molar-refractivity contribution in [3.63, 3.8) is 0 Å². The van der Waals surface area contributed by atoms with Gasteiger partial charge in [0, 0.05) is 8.07 Å². The molecule has 0 atom stereocenters. The number of methoxy groups -OCH3 is 1. The predicted molar refractivity (Wildman–Crippen MR) is 87.2 cm³/mol. The van der Waals surface area contributed by atoms with E-state index in [-0.39, 0.29) is 0 Å². The third-order valence-corrected chi connectivity index (χ3v) is 9.77. The molecule has 0 bridgehead atoms. The van der Waals surface area contributed by atoms with E-state index >= 15 is 0 Å². The highest BCUT2D eigenvalue weighted by Gasteiger charge is 2.22. The molecule has 0 spiro atoms. The first kappa shape index (κ1) is 18.4. The maximum absolute atomic E-state index is 10.8. The zero-order valence-corrected chi connectivity index (χ0v) is 15.3. The molecular weight excluding hydrogens is 272 g/mol. The summed E-state index contributed by atoms with van der Waals surface area (Å²) < 4.78 is 9.36. The summed E-state index contributed by atoms with van der Waals surface area (Å²) in [5.74, 6) is 0. The molecule has 112 valence electrons. The molecular formula is C14H30O3Si2. The standard InChI is InChI=1S/C14H30O3Si2/c1-7-18(3,4)12-9-13-19(5,6)11-8-10-17-14(15)16-2/h7H,1,8-13H2,2-6H3. The van der Waals surface area contributed by atoms with Gasteiger partial charge in [-0.2, -0.15) is 0 Å². The molecule has 3 nitrogen and oxygen atoms in total. The molecule has 0 N–H and O–H groups in total. The highest BCUT2D eigenvalue weighted by Crippen LogP contribution is 2.24. The van der Waals surface area contributed by atoms with Crippen LogP contribution in [-0.4, -0.2) is 36.0 Å². The predicted octanol–water partition coefficient (Wildman–Crippen LogP) is 4.69. The Morgan fingerprint density at radius 2 is 1.68 bits per heavy atom. The lowest BCUT2D eigenvalue weighted by atomic mass is 10.5. The Hall–Kier alpha value is -0.556. The fraction of sp³-hybridized carbons (Fsp3) is 0.786. The Labute approximate surface area is 120 Å². The van der Waals surface area contributed by atoms with E-state index in [1.165, 1.54) is 31.7 Å². The average molecular weight is 303 g/mol. The van der Waals surface area contributed by atoms with Crippen molar-refractivity contribution in [2.45, 2.75) is 57.2 Å². The van der Waals surface area contributed by atoms with Crippen molar-refractivity contribution in [3.8, 4) is 0 Å². The summed E-state index contributed by atoms with van der Waals surface area (Å²) in [5.41, 5.74) is 2.19. The molecule has 0 aliphatic carbocycles. The molecule has 0 saturated heterocycles. The van der Waals surface area contributed by atoms with Gasteiger partial charge in [-0.05, 0) is 6.42 Å². The van der Waals surface area contributed by atoms with E-state index in [1.807, 2.05) is 0 Å². The first-order valence-corrected chi connectivity index (χ1v) is 13.8. The lowest BCUT2D eigenvalue weighted by Gasteiger charge is -2.24. The van der Waals surface area contributed by atoms with Crippen LogP contribution >= 0.6 is 0 Å². The maximum atomic E-state index is 10.8. The van der Waals surface area contributed by atoms with Crippen LogP contribution in [0.1, 0.15) is 12.8 Å². The van der Waals surface area contributed by atoms with Gasteiger partial charge in [0.05, 0.1) is 21.8 Å². The largest absolute Gasteiger partial charge is 0.507 e. The molecule has 0 heterocycles. The first-order valence-electron chi connectivity index (χ1n) is 7.07. The zero-order chi connectivity index (χ0) is 14.9. The van der Waals surface area contributed by atoms with E-state index in [2.05, 4.69) is 43.2 Å². The minimum atomic E-state index is -1.14. The molecule has 0 aliphatic heterocycles. The van der Waals surface area contributed by atoms with E-state index in [0.717, 1.165) is 6.42 Å². The summed E-state index contributed by atoms with van der Waals surface area (Å²) >= 11 is 0. The Morgan fingerprint density at radius 3 is 2.21 bits per heavy atom. The summed E-state index contributed by atoms with van der Waals surface area (Å²) in [6.45, 7) is 14.0. The van der Waals surface area contributed by atoms with Crippen LogP contribution in [0.15, 0.2) is 12.3 Å². The first-order chi connectivity index (χ1) is 8.72. The number of carbonyl (C=O) groups excluding carboxylic acids is 1. The lowest BCUT2D eigenvalue weighted by Crippen LogP contribution is -2.28. The number of rotatable bonds is 9. The number of carbonyl (C=O) groups is 1. The van der Waals surface area contributed by atoms with E-state index < -0.39 is 22.3 Å². The van der Waals surface area contributed by atoms with Gasteiger partial charge in [-0.1, -0.05) is 50.7 Å². The van der Waals surface area contributed by atoms with Gasteiger partial charge < -0.3 is 9.47 Å². The van der Waals surface area contributed by atoms with Gasteiger partial charge in [0.25, 0.3) is 0 Å². The van der Waals surface area contributed by atoms with E-state index in [4.69, 9.17) is 4.74 Å². The SMILES string of the molecule is C=C[Si](C)(C)CCC[Si](C)(C)CCCOC(=O)OC. The van der Waals surface area contributed by atoms with Crippen LogP contribution in [0.2, 0.25) is 44.3 Å². The third kappa shape index (κ3) is 9.95. The maximum Gasteiger partial charge on any atom is 0.507 e. The molecule has 19 heavy (non-hydrogen) atoms. The van der Waals surface area contributed by atoms with Crippen LogP contribution in [0.25, 0.3) is 0 Å². The second kappa shape index (κ2) is 8.58. The quantitative estimate of drug-likeness (QED) is 0.352. The Kier molecular flexibility index (Phi) is 8.33. The fourth-order valence-electron chi connectivity index (χ4n) is 2.01. The van der Waals surface area contributed by atoms with E-state index in [0.29, 0.717) is 6.61 Å². The van der Waals surface area contributed by atoms with Gasteiger partial charge in [0.15, 0.2) is 0 Å². The van der Waals surface area contributed by atoms with Crippen LogP contribution in [0, 0.1) is 0 Å². The molecule has 0 fully saturated rings. The number of ether oxygens (including phenoxy) is 2. The fourth-order valence-corrected chi connectivity index (χ4v) is 6.15. The molecule has 0 saturated carbocycles. The van der Waals surface area contributed by atoms with Crippen molar-refractivity contribution in [2.75, 3.05) is 13.7 Å². The normalized spacial score (nSPS) is 12.1. The Balaban J connectivity index is 3.80. The lowest BCUT2D eigenvalue weighted by molar-refractivity contribution is 0.0728. The van der Waals surface area contributed by atoms with Crippen LogP contribution in [0.4, 0.5) is 4.79 Å². The van der Waals surface area contributed by atoms with Crippen LogP contribution in [0.5, 0.6) is 0 Å². The molecule has 5 heteroatoms. The smallest absolute Gasteiger partial charge is 0.438 e. The topological polar surface area (TPSA) is 35.5 Å². The van der Waals surface area contributed by atoms with Gasteiger partial charge in [-0.25, -0.2) is 4.79 Å². The molecule has 0 radical (unpaired) electrons. The van der Waals surface area contributed by atoms with Gasteiger partial charge in [0.2, 0.25) is 0 Å². The van der Waals surface area contributed by atoms with Crippen LogP contribution in [-0.2, 0) is 9.47 Å². The van der Waals surface area contributed by atoms with Crippen molar-refractivity contribution >= 4 is 22.3 Å². The minimum absolute atomic E-state index is 0.482. The van der Waals surface area contributed by atoms with Crippen molar-refractivity contribution in [1.29, 1.82) is 0 Å². The summed E-state index contributed by atoms with van der Waals surface area (Å²) in [4.78, 5) is 10.8. The van der Waals surface area contributed by atoms with Gasteiger partial charge in [-0.3, -0.25) is 0 Å². The summed E-state index contributed by atoms with van der Waals surface area (Å²) in [7, 11) is -0.937. The summed E-state index contributed by atoms with van der Waals surface area (Å²) in [5, 5.41) is 0. The second-order valence-corrected chi connectivity index (χ2v) is 16.8. The molecule has 0 unspecified atom stereocenters. The number of hydrogen-bond acceptors (Lipinski definition) is 3. The highest BCUT2D eigenvalue weighted by atomic mass is 28.3. The summed E-state index contributed by atoms with van der Waals surface area (Å²) in [6.07, 6.45) is 1.71. The van der Waals surface area contributed by atoms with Crippen molar-refractivity contribution in [2.24, 2.45) is 0 Å². The number of hydrogen-bond donors (Lipinski definition) is 0. The van der Waals surface area contributed by atoms with Crippen molar-refractivity contribution in [1.82, 2.24) is 0 Å². The molecule has 0 amide bonds. The van der Waals surface area contributed by atoms with E-state index in [9.17, 15) is 4.79 Å². The Bertz CT molecular complexity index is 288. The van der Waals surface area contributed by atoms with Gasteiger partial charge >= 0.3 is 6.16 Å². The molecule has 0 aromatic heterocycles. The minimum Gasteiger partial charge on any atom is -0.438 e. The third-order valence-electron chi connectivity index (χ3n) is 3.61. The monoisotopic (exact) mass is 302 g/mol. The average Bonchev–Trinajstić information content (AvgIpc) is 2.33. The van der Waals surface area contributed by atoms with Crippen LogP contribution in [0.3, 0.4) is 0 Å². The molecule has 0 rings (SSSR count). The zero-order valence-electron chi connectivity index (χ0n) is 13.3. The summed E-state index contributed by atoms with van der Waals surface area (Å²) in [6, 6.07) is 3.90. The Morgan fingerprint density at radius 1 is 1.11 bits per heavy atom. The molecule has 0 aliphatic rings. The molecule has 0 aromatic carbocycles. The highest BCUT2D eigenvalue weighted by molar-refractivity contribution is 6.82. The van der Waals surface area contributed by atoms with Crippen molar-refractivity contribution in [3.05, 3.63) is 12.3 Å². The molecule has 0 aromatic rings. The second-order valence-electron chi connectivity index (χ2n) is 6.62. The van der Waals surface area contributed by atoms with Crippen LogP contribution < -0.4 is 0 Å².